The number of carbonyl (C=O) groups is 2. The Labute approximate surface area is 209 Å². The van der Waals surface area contributed by atoms with E-state index in [1.54, 1.807) is 11.0 Å². The molecule has 0 aromatic heterocycles. The number of rotatable bonds is 8. The summed E-state index contributed by atoms with van der Waals surface area (Å²) in [4.78, 5) is 30.3. The summed E-state index contributed by atoms with van der Waals surface area (Å²) in [6.45, 7) is 9.37. The maximum atomic E-state index is 13.2. The van der Waals surface area contributed by atoms with Crippen molar-refractivity contribution in [1.82, 2.24) is 9.80 Å². The van der Waals surface area contributed by atoms with Crippen LogP contribution < -0.4 is 4.74 Å². The van der Waals surface area contributed by atoms with E-state index in [0.717, 1.165) is 53.8 Å². The average molecular weight is 527 g/mol. The third kappa shape index (κ3) is 4.77. The van der Waals surface area contributed by atoms with Gasteiger partial charge >= 0.3 is 0 Å². The Balaban J connectivity index is 1.72. The van der Waals surface area contributed by atoms with E-state index in [-0.39, 0.29) is 17.4 Å². The van der Waals surface area contributed by atoms with Crippen molar-refractivity contribution in [2.45, 2.75) is 45.8 Å². The van der Waals surface area contributed by atoms with E-state index in [1.165, 1.54) is 0 Å². The normalized spacial score (nSPS) is 21.3. The van der Waals surface area contributed by atoms with E-state index in [2.05, 4.69) is 34.7 Å². The number of nitrogens with zero attached hydrogens (tertiary/aromatic N) is 2. The molecule has 0 saturated carbocycles. The molecule has 2 unspecified atom stereocenters. The zero-order valence-corrected chi connectivity index (χ0v) is 21.5. The fourth-order valence-electron chi connectivity index (χ4n) is 4.83. The largest absolute Gasteiger partial charge is 0.507 e. The number of ether oxygens (including phenoxy) is 1. The van der Waals surface area contributed by atoms with Crippen LogP contribution in [0.3, 0.4) is 0 Å². The van der Waals surface area contributed by atoms with Gasteiger partial charge < -0.3 is 19.6 Å². The lowest BCUT2D eigenvalue weighted by Gasteiger charge is -2.27. The third-order valence-corrected chi connectivity index (χ3v) is 7.19. The molecule has 4 rings (SSSR count). The van der Waals surface area contributed by atoms with Gasteiger partial charge in [0.15, 0.2) is 0 Å². The van der Waals surface area contributed by atoms with Gasteiger partial charge in [-0.1, -0.05) is 41.9 Å². The fourth-order valence-corrected chi connectivity index (χ4v) is 5.10. The lowest BCUT2D eigenvalue weighted by atomic mass is 9.94. The van der Waals surface area contributed by atoms with Crippen molar-refractivity contribution in [2.24, 2.45) is 0 Å². The van der Waals surface area contributed by atoms with E-state index in [4.69, 9.17) is 4.74 Å². The molecule has 1 N–H and O–H groups in total. The van der Waals surface area contributed by atoms with Crippen LogP contribution in [0.2, 0.25) is 0 Å². The van der Waals surface area contributed by atoms with Gasteiger partial charge in [0, 0.05) is 23.0 Å². The average Bonchev–Trinajstić information content (AvgIpc) is 3.32. The van der Waals surface area contributed by atoms with Crippen molar-refractivity contribution in [3.63, 3.8) is 0 Å². The number of amides is 1. The van der Waals surface area contributed by atoms with Gasteiger partial charge in [0.05, 0.1) is 11.6 Å². The van der Waals surface area contributed by atoms with Gasteiger partial charge in [-0.2, -0.15) is 0 Å². The minimum Gasteiger partial charge on any atom is -0.507 e. The van der Waals surface area contributed by atoms with Crippen molar-refractivity contribution in [2.75, 3.05) is 26.2 Å². The summed E-state index contributed by atoms with van der Waals surface area (Å²) in [5.41, 5.74) is 2.46. The molecule has 2 aromatic carbocycles. The molecule has 34 heavy (non-hydrogen) atoms. The minimum atomic E-state index is -0.640. The van der Waals surface area contributed by atoms with Gasteiger partial charge in [-0.25, -0.2) is 0 Å². The van der Waals surface area contributed by atoms with Gasteiger partial charge in [-0.3, -0.25) is 9.59 Å². The van der Waals surface area contributed by atoms with Crippen LogP contribution in [0, 0.1) is 0 Å². The van der Waals surface area contributed by atoms with Crippen LogP contribution in [0.5, 0.6) is 5.75 Å². The summed E-state index contributed by atoms with van der Waals surface area (Å²) in [5.74, 6) is -0.546. The molecule has 1 saturated heterocycles. The smallest absolute Gasteiger partial charge is 0.295 e. The molecule has 1 amide bonds. The topological polar surface area (TPSA) is 70.1 Å². The van der Waals surface area contributed by atoms with Crippen molar-refractivity contribution in [3.05, 3.63) is 69.2 Å². The first-order chi connectivity index (χ1) is 16.3. The van der Waals surface area contributed by atoms with E-state index >= 15 is 0 Å². The van der Waals surface area contributed by atoms with Gasteiger partial charge in [0.25, 0.3) is 11.7 Å². The van der Waals surface area contributed by atoms with Crippen molar-refractivity contribution in [1.29, 1.82) is 0 Å². The SMILES string of the molecule is CCN(CC)CCCN1C(=O)C(=O)/C(=C(\O)c2ccc3c(c2)CC(C)O3)C1c1ccc(Br)cc1. The highest BCUT2D eigenvalue weighted by Gasteiger charge is 2.45. The molecule has 0 aliphatic carbocycles. The van der Waals surface area contributed by atoms with Gasteiger partial charge in [0.1, 0.15) is 17.6 Å². The van der Waals surface area contributed by atoms with Crippen LogP contribution in [-0.4, -0.2) is 58.9 Å². The summed E-state index contributed by atoms with van der Waals surface area (Å²) in [5, 5.41) is 11.3. The Hall–Kier alpha value is -2.64. The van der Waals surface area contributed by atoms with Gasteiger partial charge in [-0.05, 0) is 74.4 Å². The first-order valence-electron chi connectivity index (χ1n) is 11.9. The monoisotopic (exact) mass is 526 g/mol. The Bertz CT molecular complexity index is 1110. The predicted octanol–water partition coefficient (Wildman–Crippen LogP) is 4.93. The first kappa shape index (κ1) is 24.5. The lowest BCUT2D eigenvalue weighted by molar-refractivity contribution is -0.140. The molecule has 180 valence electrons. The molecule has 2 atom stereocenters. The number of aliphatic hydroxyl groups excluding tert-OH is 1. The maximum Gasteiger partial charge on any atom is 0.295 e. The number of Topliss-reactive ketones (excluding diaryl/α,β-unsaturated/α-hetero) is 1. The summed E-state index contributed by atoms with van der Waals surface area (Å²) < 4.78 is 6.68. The fraction of sp³-hybridized carbons (Fsp3) is 0.407. The standard InChI is InChI=1S/C27H31BrN2O4/c1-4-29(5-2)13-6-14-30-24(18-7-10-21(28)11-8-18)23(26(32)27(30)33)25(31)19-9-12-22-20(16-19)15-17(3)34-22/h7-12,16-17,24,31H,4-6,13-15H2,1-3H3/b25-23-. The zero-order valence-electron chi connectivity index (χ0n) is 19.9. The third-order valence-electron chi connectivity index (χ3n) is 6.66. The number of halogens is 1. The second-order valence-electron chi connectivity index (χ2n) is 8.88. The van der Waals surface area contributed by atoms with E-state index in [9.17, 15) is 14.7 Å². The van der Waals surface area contributed by atoms with Crippen LogP contribution in [0.15, 0.2) is 52.5 Å². The maximum absolute atomic E-state index is 13.2. The molecule has 0 radical (unpaired) electrons. The summed E-state index contributed by atoms with van der Waals surface area (Å²) in [6.07, 6.45) is 1.56. The second kappa shape index (κ2) is 10.3. The lowest BCUT2D eigenvalue weighted by Crippen LogP contribution is -2.33. The summed E-state index contributed by atoms with van der Waals surface area (Å²) in [7, 11) is 0. The van der Waals surface area contributed by atoms with Crippen molar-refractivity contribution < 1.29 is 19.4 Å². The summed E-state index contributed by atoms with van der Waals surface area (Å²) in [6, 6.07) is 12.4. The molecule has 6 nitrogen and oxygen atoms in total. The number of carbonyl (C=O) groups excluding carboxylic acids is 2. The minimum absolute atomic E-state index is 0.0755. The molecule has 7 heteroatoms. The number of benzene rings is 2. The molecule has 0 bridgehead atoms. The molecular weight excluding hydrogens is 496 g/mol. The van der Waals surface area contributed by atoms with E-state index < -0.39 is 17.7 Å². The quantitative estimate of drug-likeness (QED) is 0.300. The zero-order chi connectivity index (χ0) is 24.4. The number of fused-ring (bicyclic) bond motifs is 1. The van der Waals surface area contributed by atoms with Crippen molar-refractivity contribution >= 4 is 33.4 Å². The van der Waals surface area contributed by atoms with Crippen LogP contribution >= 0.6 is 15.9 Å². The van der Waals surface area contributed by atoms with E-state index in [1.807, 2.05) is 43.3 Å². The first-order valence-corrected chi connectivity index (χ1v) is 12.7. The molecule has 2 aromatic rings. The molecule has 1 fully saturated rings. The van der Waals surface area contributed by atoms with Crippen LogP contribution in [0.4, 0.5) is 0 Å². The second-order valence-corrected chi connectivity index (χ2v) is 9.80. The molecule has 2 heterocycles. The summed E-state index contributed by atoms with van der Waals surface area (Å²) >= 11 is 3.45. The molecule has 2 aliphatic heterocycles. The highest BCUT2D eigenvalue weighted by Crippen LogP contribution is 2.41. The van der Waals surface area contributed by atoms with E-state index in [0.29, 0.717) is 12.1 Å². The number of hydrogen-bond donors (Lipinski definition) is 1. The predicted molar refractivity (Wildman–Crippen MR) is 136 cm³/mol. The Morgan fingerprint density at radius 1 is 1.15 bits per heavy atom. The number of ketones is 1. The Morgan fingerprint density at radius 2 is 1.85 bits per heavy atom. The Kier molecular flexibility index (Phi) is 7.43. The molecule has 0 spiro atoms. The molecule has 2 aliphatic rings. The van der Waals surface area contributed by atoms with Gasteiger partial charge in [-0.15, -0.1) is 0 Å². The van der Waals surface area contributed by atoms with Crippen LogP contribution in [-0.2, 0) is 16.0 Å². The molecular formula is C27H31BrN2O4. The highest BCUT2D eigenvalue weighted by molar-refractivity contribution is 9.10. The highest BCUT2D eigenvalue weighted by atomic mass is 79.9. The van der Waals surface area contributed by atoms with Gasteiger partial charge in [0.2, 0.25) is 0 Å². The number of hydrogen-bond acceptors (Lipinski definition) is 5. The number of likely N-dealkylation sites (tertiary alicyclic amines) is 1. The number of aliphatic hydroxyl groups is 1. The van der Waals surface area contributed by atoms with Crippen molar-refractivity contribution in [3.8, 4) is 5.75 Å². The Morgan fingerprint density at radius 3 is 2.53 bits per heavy atom. The van der Waals surface area contributed by atoms with Crippen LogP contribution in [0.1, 0.15) is 49.9 Å². The van der Waals surface area contributed by atoms with Crippen LogP contribution in [0.25, 0.3) is 5.76 Å².